The number of aliphatic carboxylic acids is 1. The van der Waals surface area contributed by atoms with Crippen LogP contribution in [-0.4, -0.2) is 22.9 Å². The lowest BCUT2D eigenvalue weighted by Crippen LogP contribution is -2.12. The van der Waals surface area contributed by atoms with E-state index in [4.69, 9.17) is 5.11 Å². The Morgan fingerprint density at radius 2 is 1.80 bits per heavy atom. The third-order valence-corrected chi connectivity index (χ3v) is 2.27. The maximum atomic E-state index is 11.4. The molecule has 6 heteroatoms. The number of hydrogen-bond donors (Lipinski definition) is 3. The molecule has 2 amide bonds. The largest absolute Gasteiger partial charge is 0.478 e. The maximum Gasteiger partial charge on any atom is 0.328 e. The van der Waals surface area contributed by atoms with Crippen molar-refractivity contribution in [1.29, 1.82) is 0 Å². The average Bonchev–Trinajstić information content (AvgIpc) is 2.37. The molecule has 0 saturated heterocycles. The molecule has 0 saturated carbocycles. The highest BCUT2D eigenvalue weighted by Crippen LogP contribution is 2.15. The zero-order chi connectivity index (χ0) is 15.0. The van der Waals surface area contributed by atoms with Crippen LogP contribution in [0.1, 0.15) is 19.8 Å². The molecule has 20 heavy (non-hydrogen) atoms. The van der Waals surface area contributed by atoms with Crippen molar-refractivity contribution in [3.8, 4) is 0 Å². The molecule has 1 aromatic carbocycles. The summed E-state index contributed by atoms with van der Waals surface area (Å²) in [7, 11) is 0. The minimum atomic E-state index is -1.19. The van der Waals surface area contributed by atoms with Crippen LogP contribution in [0.25, 0.3) is 0 Å². The molecule has 0 fully saturated rings. The van der Waals surface area contributed by atoms with E-state index in [0.29, 0.717) is 17.8 Å². The van der Waals surface area contributed by atoms with Crippen molar-refractivity contribution in [1.82, 2.24) is 0 Å². The zero-order valence-corrected chi connectivity index (χ0v) is 11.1. The van der Waals surface area contributed by atoms with Gasteiger partial charge in [-0.1, -0.05) is 13.0 Å². The molecule has 0 aliphatic heterocycles. The fourth-order valence-electron chi connectivity index (χ4n) is 1.46. The smallest absolute Gasteiger partial charge is 0.328 e. The standard InChI is InChI=1S/C14H16N2O4/c1-2-4-12(17)15-10-5-3-6-11(9-10)16-13(18)7-8-14(19)20/h3,5-9H,2,4H2,1H3,(H,15,17)(H,16,18)(H,19,20). The summed E-state index contributed by atoms with van der Waals surface area (Å²) < 4.78 is 0. The Labute approximate surface area is 116 Å². The van der Waals surface area contributed by atoms with Gasteiger partial charge in [0.25, 0.3) is 0 Å². The van der Waals surface area contributed by atoms with Crippen LogP contribution in [0.5, 0.6) is 0 Å². The second-order valence-electron chi connectivity index (χ2n) is 4.04. The number of carboxylic acids is 1. The number of hydrogen-bond acceptors (Lipinski definition) is 3. The lowest BCUT2D eigenvalue weighted by molar-refractivity contribution is -0.131. The van der Waals surface area contributed by atoms with E-state index in [1.54, 1.807) is 24.3 Å². The van der Waals surface area contributed by atoms with Crippen LogP contribution in [-0.2, 0) is 14.4 Å². The van der Waals surface area contributed by atoms with Gasteiger partial charge < -0.3 is 15.7 Å². The van der Waals surface area contributed by atoms with E-state index in [1.807, 2.05) is 6.92 Å². The highest BCUT2D eigenvalue weighted by molar-refractivity contribution is 6.02. The van der Waals surface area contributed by atoms with Gasteiger partial charge in [0, 0.05) is 29.9 Å². The highest BCUT2D eigenvalue weighted by Gasteiger charge is 2.03. The third kappa shape index (κ3) is 5.81. The predicted molar refractivity (Wildman–Crippen MR) is 75.4 cm³/mol. The van der Waals surface area contributed by atoms with E-state index >= 15 is 0 Å². The van der Waals surface area contributed by atoms with Gasteiger partial charge in [0.2, 0.25) is 11.8 Å². The number of carboxylic acid groups (broad SMARTS) is 1. The normalized spacial score (nSPS) is 10.2. The van der Waals surface area contributed by atoms with E-state index < -0.39 is 11.9 Å². The summed E-state index contributed by atoms with van der Waals surface area (Å²) in [5, 5.41) is 13.6. The molecule has 0 aliphatic rings. The molecule has 0 heterocycles. The molecular weight excluding hydrogens is 260 g/mol. The fraction of sp³-hybridized carbons (Fsp3) is 0.214. The number of benzene rings is 1. The van der Waals surface area contributed by atoms with E-state index in [9.17, 15) is 14.4 Å². The van der Waals surface area contributed by atoms with Crippen LogP contribution in [0.15, 0.2) is 36.4 Å². The first kappa shape index (κ1) is 15.4. The average molecular weight is 276 g/mol. The number of nitrogens with one attached hydrogen (secondary N) is 2. The molecular formula is C14H16N2O4. The van der Waals surface area contributed by atoms with E-state index in [-0.39, 0.29) is 5.91 Å². The van der Waals surface area contributed by atoms with Crippen LogP contribution in [0.3, 0.4) is 0 Å². The Bertz CT molecular complexity index is 538. The van der Waals surface area contributed by atoms with Crippen LogP contribution >= 0.6 is 0 Å². The van der Waals surface area contributed by atoms with Gasteiger partial charge in [-0.3, -0.25) is 9.59 Å². The Morgan fingerprint density at radius 1 is 1.15 bits per heavy atom. The topological polar surface area (TPSA) is 95.5 Å². The zero-order valence-electron chi connectivity index (χ0n) is 11.1. The van der Waals surface area contributed by atoms with Gasteiger partial charge in [-0.05, 0) is 24.6 Å². The van der Waals surface area contributed by atoms with Crippen molar-refractivity contribution >= 4 is 29.2 Å². The predicted octanol–water partition coefficient (Wildman–Crippen LogP) is 2.00. The maximum absolute atomic E-state index is 11.4. The van der Waals surface area contributed by atoms with Gasteiger partial charge in [0.1, 0.15) is 0 Å². The second-order valence-corrected chi connectivity index (χ2v) is 4.04. The van der Waals surface area contributed by atoms with Crippen molar-refractivity contribution in [3.05, 3.63) is 36.4 Å². The van der Waals surface area contributed by atoms with Crippen LogP contribution in [0.4, 0.5) is 11.4 Å². The Morgan fingerprint density at radius 3 is 2.40 bits per heavy atom. The number of amides is 2. The summed E-state index contributed by atoms with van der Waals surface area (Å²) in [4.78, 5) is 33.1. The molecule has 1 rings (SSSR count). The highest BCUT2D eigenvalue weighted by atomic mass is 16.4. The van der Waals surface area contributed by atoms with E-state index in [2.05, 4.69) is 10.6 Å². The monoisotopic (exact) mass is 276 g/mol. The molecule has 106 valence electrons. The molecule has 0 aromatic heterocycles. The van der Waals surface area contributed by atoms with Gasteiger partial charge in [-0.25, -0.2) is 4.79 Å². The van der Waals surface area contributed by atoms with Gasteiger partial charge >= 0.3 is 5.97 Å². The lowest BCUT2D eigenvalue weighted by Gasteiger charge is -2.07. The molecule has 0 spiro atoms. The van der Waals surface area contributed by atoms with Crippen molar-refractivity contribution in [3.63, 3.8) is 0 Å². The molecule has 0 bridgehead atoms. The van der Waals surface area contributed by atoms with Crippen molar-refractivity contribution in [2.45, 2.75) is 19.8 Å². The fourth-order valence-corrected chi connectivity index (χ4v) is 1.46. The van der Waals surface area contributed by atoms with E-state index in [1.165, 1.54) is 0 Å². The number of rotatable bonds is 6. The molecule has 6 nitrogen and oxygen atoms in total. The Balaban J connectivity index is 2.66. The summed E-state index contributed by atoms with van der Waals surface area (Å²) in [6.45, 7) is 1.91. The summed E-state index contributed by atoms with van der Waals surface area (Å²) in [5.41, 5.74) is 1.04. The first-order valence-corrected chi connectivity index (χ1v) is 6.13. The summed E-state index contributed by atoms with van der Waals surface area (Å²) in [6.07, 6.45) is 2.85. The minimum Gasteiger partial charge on any atom is -0.478 e. The van der Waals surface area contributed by atoms with Gasteiger partial charge in [0.05, 0.1) is 0 Å². The van der Waals surface area contributed by atoms with E-state index in [0.717, 1.165) is 18.6 Å². The number of anilines is 2. The first-order valence-electron chi connectivity index (χ1n) is 6.13. The van der Waals surface area contributed by atoms with Gasteiger partial charge in [-0.2, -0.15) is 0 Å². The first-order chi connectivity index (χ1) is 9.51. The Kier molecular flexibility index (Phi) is 5.96. The van der Waals surface area contributed by atoms with Crippen molar-refractivity contribution in [2.75, 3.05) is 10.6 Å². The Hall–Kier alpha value is -2.63. The van der Waals surface area contributed by atoms with Crippen LogP contribution < -0.4 is 10.6 Å². The van der Waals surface area contributed by atoms with Crippen LogP contribution in [0, 0.1) is 0 Å². The van der Waals surface area contributed by atoms with Crippen molar-refractivity contribution in [2.24, 2.45) is 0 Å². The summed E-state index contributed by atoms with van der Waals surface area (Å²) in [5.74, 6) is -1.84. The summed E-state index contributed by atoms with van der Waals surface area (Å²) >= 11 is 0. The molecule has 0 aliphatic carbocycles. The van der Waals surface area contributed by atoms with Gasteiger partial charge in [-0.15, -0.1) is 0 Å². The quantitative estimate of drug-likeness (QED) is 0.692. The van der Waals surface area contributed by atoms with Crippen LogP contribution in [0.2, 0.25) is 0 Å². The minimum absolute atomic E-state index is 0.0956. The number of carbonyl (C=O) groups excluding carboxylic acids is 2. The third-order valence-electron chi connectivity index (χ3n) is 2.27. The molecule has 0 atom stereocenters. The molecule has 1 aromatic rings. The van der Waals surface area contributed by atoms with Gasteiger partial charge in [0.15, 0.2) is 0 Å². The molecule has 0 radical (unpaired) electrons. The molecule has 0 unspecified atom stereocenters. The second kappa shape index (κ2) is 7.73. The molecule has 3 N–H and O–H groups in total. The SMILES string of the molecule is CCCC(=O)Nc1cccc(NC(=O)C=CC(=O)O)c1. The lowest BCUT2D eigenvalue weighted by atomic mass is 10.2. The summed E-state index contributed by atoms with van der Waals surface area (Å²) in [6, 6.07) is 6.62. The van der Waals surface area contributed by atoms with Crippen molar-refractivity contribution < 1.29 is 19.5 Å². The number of carbonyl (C=O) groups is 3.